The van der Waals surface area contributed by atoms with Crippen molar-refractivity contribution in [3.8, 4) is 5.75 Å². The van der Waals surface area contributed by atoms with Gasteiger partial charge >= 0.3 is 0 Å². The van der Waals surface area contributed by atoms with Gasteiger partial charge in [-0.3, -0.25) is 9.59 Å². The van der Waals surface area contributed by atoms with Crippen LogP contribution in [0.25, 0.3) is 0 Å². The lowest BCUT2D eigenvalue weighted by Gasteiger charge is -2.32. The fourth-order valence-corrected chi connectivity index (χ4v) is 3.20. The average molecular weight is 302 g/mol. The minimum Gasteiger partial charge on any atom is -0.478 e. The van der Waals surface area contributed by atoms with E-state index >= 15 is 0 Å². The lowest BCUT2D eigenvalue weighted by atomic mass is 9.95. The van der Waals surface area contributed by atoms with Crippen LogP contribution in [0, 0.1) is 0 Å². The van der Waals surface area contributed by atoms with Crippen LogP contribution < -0.4 is 15.0 Å². The number of benzene rings is 1. The number of carbonyl (C=O) groups is 2. The Labute approximate surface area is 130 Å². The smallest absolute Gasteiger partial charge is 0.268 e. The number of hydrogen-bond acceptors (Lipinski definition) is 3. The average Bonchev–Trinajstić information content (AvgIpc) is 2.53. The van der Waals surface area contributed by atoms with Gasteiger partial charge in [-0.1, -0.05) is 31.4 Å². The standard InChI is InChI=1S/C17H22N2O3/c1-19-13-9-5-6-10-14(13)22-15(17(19)21)11-16(20)18-12-7-3-2-4-8-12/h5-6,9-10,12,15H,2-4,7-8,11H2,1H3,(H,18,20). The predicted octanol–water partition coefficient (Wildman–Crippen LogP) is 2.25. The van der Waals surface area contributed by atoms with E-state index in [4.69, 9.17) is 4.74 Å². The Morgan fingerprint density at radius 3 is 2.77 bits per heavy atom. The molecule has 2 amide bonds. The number of anilines is 1. The van der Waals surface area contributed by atoms with Gasteiger partial charge in [0.15, 0.2) is 6.10 Å². The highest BCUT2D eigenvalue weighted by Gasteiger charge is 2.34. The molecule has 1 aromatic rings. The Balaban J connectivity index is 1.63. The summed E-state index contributed by atoms with van der Waals surface area (Å²) in [6.45, 7) is 0. The molecular formula is C17H22N2O3. The number of amides is 2. The molecule has 0 spiro atoms. The molecule has 0 aromatic heterocycles. The molecule has 0 bridgehead atoms. The Morgan fingerprint density at radius 2 is 2.00 bits per heavy atom. The van der Waals surface area contributed by atoms with Crippen LogP contribution in [-0.2, 0) is 9.59 Å². The van der Waals surface area contributed by atoms with Crippen molar-refractivity contribution in [2.45, 2.75) is 50.7 Å². The van der Waals surface area contributed by atoms with Gasteiger partial charge in [-0.15, -0.1) is 0 Å². The zero-order valence-electron chi connectivity index (χ0n) is 12.9. The quantitative estimate of drug-likeness (QED) is 0.931. The van der Waals surface area contributed by atoms with Crippen molar-refractivity contribution in [1.29, 1.82) is 0 Å². The Hall–Kier alpha value is -2.04. The summed E-state index contributed by atoms with van der Waals surface area (Å²) >= 11 is 0. The van der Waals surface area contributed by atoms with E-state index in [2.05, 4.69) is 5.32 Å². The highest BCUT2D eigenvalue weighted by Crippen LogP contribution is 2.33. The summed E-state index contributed by atoms with van der Waals surface area (Å²) in [4.78, 5) is 26.1. The molecule has 1 aromatic carbocycles. The number of ether oxygens (including phenoxy) is 1. The molecule has 118 valence electrons. The van der Waals surface area contributed by atoms with Gasteiger partial charge in [0.25, 0.3) is 5.91 Å². The van der Waals surface area contributed by atoms with Crippen LogP contribution in [0.2, 0.25) is 0 Å². The molecule has 22 heavy (non-hydrogen) atoms. The molecular weight excluding hydrogens is 280 g/mol. The number of fused-ring (bicyclic) bond motifs is 1. The molecule has 1 fully saturated rings. The number of para-hydroxylation sites is 2. The Morgan fingerprint density at radius 1 is 1.27 bits per heavy atom. The van der Waals surface area contributed by atoms with Gasteiger partial charge in [-0.25, -0.2) is 0 Å². The van der Waals surface area contributed by atoms with Crippen molar-refractivity contribution in [1.82, 2.24) is 5.32 Å². The van der Waals surface area contributed by atoms with Gasteiger partial charge in [0.1, 0.15) is 5.75 Å². The maximum atomic E-state index is 12.3. The third kappa shape index (κ3) is 3.08. The zero-order chi connectivity index (χ0) is 15.5. The first-order chi connectivity index (χ1) is 10.6. The molecule has 0 saturated heterocycles. The van der Waals surface area contributed by atoms with Crippen LogP contribution in [0.4, 0.5) is 5.69 Å². The maximum absolute atomic E-state index is 12.3. The first-order valence-electron chi connectivity index (χ1n) is 7.98. The number of rotatable bonds is 3. The molecule has 1 atom stereocenters. The van der Waals surface area contributed by atoms with Crippen molar-refractivity contribution in [3.63, 3.8) is 0 Å². The second-order valence-corrected chi connectivity index (χ2v) is 6.08. The number of likely N-dealkylation sites (N-methyl/N-ethyl adjacent to an activating group) is 1. The first kappa shape index (κ1) is 14.9. The largest absolute Gasteiger partial charge is 0.478 e. The molecule has 1 aliphatic carbocycles. The van der Waals surface area contributed by atoms with Gasteiger partial charge in [-0.05, 0) is 25.0 Å². The van der Waals surface area contributed by atoms with Gasteiger partial charge < -0.3 is 15.0 Å². The molecule has 1 N–H and O–H groups in total. The first-order valence-corrected chi connectivity index (χ1v) is 7.98. The molecule has 2 aliphatic rings. The zero-order valence-corrected chi connectivity index (χ0v) is 12.9. The van der Waals surface area contributed by atoms with Crippen LogP contribution >= 0.6 is 0 Å². The summed E-state index contributed by atoms with van der Waals surface area (Å²) < 4.78 is 5.72. The fraction of sp³-hybridized carbons (Fsp3) is 0.529. The predicted molar refractivity (Wildman–Crippen MR) is 83.9 cm³/mol. The second-order valence-electron chi connectivity index (χ2n) is 6.08. The number of carbonyl (C=O) groups excluding carboxylic acids is 2. The van der Waals surface area contributed by atoms with Crippen molar-refractivity contribution in [2.24, 2.45) is 0 Å². The van der Waals surface area contributed by atoms with Crippen molar-refractivity contribution < 1.29 is 14.3 Å². The number of nitrogens with one attached hydrogen (secondary N) is 1. The highest BCUT2D eigenvalue weighted by molar-refractivity contribution is 6.01. The van der Waals surface area contributed by atoms with E-state index in [9.17, 15) is 9.59 Å². The maximum Gasteiger partial charge on any atom is 0.268 e. The Bertz CT molecular complexity index is 567. The van der Waals surface area contributed by atoms with Crippen LogP contribution in [0.1, 0.15) is 38.5 Å². The van der Waals surface area contributed by atoms with Gasteiger partial charge in [0, 0.05) is 13.1 Å². The van der Waals surface area contributed by atoms with Crippen LogP contribution in [-0.4, -0.2) is 31.0 Å². The molecule has 1 aliphatic heterocycles. The summed E-state index contributed by atoms with van der Waals surface area (Å²) in [6, 6.07) is 7.64. The van der Waals surface area contributed by atoms with E-state index in [-0.39, 0.29) is 24.3 Å². The SMILES string of the molecule is CN1C(=O)C(CC(=O)NC2CCCCC2)Oc2ccccc21. The van der Waals surface area contributed by atoms with Crippen LogP contribution in [0.3, 0.4) is 0 Å². The van der Waals surface area contributed by atoms with Crippen molar-refractivity contribution in [2.75, 3.05) is 11.9 Å². The van der Waals surface area contributed by atoms with Gasteiger partial charge in [0.2, 0.25) is 5.91 Å². The summed E-state index contributed by atoms with van der Waals surface area (Å²) in [5.74, 6) is 0.385. The van der Waals surface area contributed by atoms with E-state index in [1.54, 1.807) is 11.9 Å². The summed E-state index contributed by atoms with van der Waals surface area (Å²) in [7, 11) is 1.72. The lowest BCUT2D eigenvalue weighted by Crippen LogP contribution is -2.47. The van der Waals surface area contributed by atoms with Gasteiger partial charge in [-0.2, -0.15) is 0 Å². The van der Waals surface area contributed by atoms with E-state index in [1.807, 2.05) is 24.3 Å². The van der Waals surface area contributed by atoms with E-state index in [0.29, 0.717) is 5.75 Å². The van der Waals surface area contributed by atoms with Crippen molar-refractivity contribution in [3.05, 3.63) is 24.3 Å². The molecule has 3 rings (SSSR count). The molecule has 0 radical (unpaired) electrons. The third-order valence-electron chi connectivity index (χ3n) is 4.44. The number of nitrogens with zero attached hydrogens (tertiary/aromatic N) is 1. The minimum atomic E-state index is -0.733. The van der Waals surface area contributed by atoms with E-state index in [0.717, 1.165) is 18.5 Å². The molecule has 5 nitrogen and oxygen atoms in total. The van der Waals surface area contributed by atoms with Crippen molar-refractivity contribution >= 4 is 17.5 Å². The molecule has 5 heteroatoms. The normalized spacial score (nSPS) is 22.0. The summed E-state index contributed by atoms with van der Waals surface area (Å²) in [5, 5.41) is 3.04. The highest BCUT2D eigenvalue weighted by atomic mass is 16.5. The fourth-order valence-electron chi connectivity index (χ4n) is 3.20. The molecule has 1 heterocycles. The number of hydrogen-bond donors (Lipinski definition) is 1. The Kier molecular flexibility index (Phi) is 4.32. The topological polar surface area (TPSA) is 58.6 Å². The monoisotopic (exact) mass is 302 g/mol. The summed E-state index contributed by atoms with van der Waals surface area (Å²) in [6.07, 6.45) is 5.00. The lowest BCUT2D eigenvalue weighted by molar-refractivity contribution is -0.132. The third-order valence-corrected chi connectivity index (χ3v) is 4.44. The van der Waals surface area contributed by atoms with Crippen LogP contribution in [0.15, 0.2) is 24.3 Å². The van der Waals surface area contributed by atoms with Gasteiger partial charge in [0.05, 0.1) is 12.1 Å². The van der Waals surface area contributed by atoms with E-state index < -0.39 is 6.10 Å². The second kappa shape index (κ2) is 6.38. The summed E-state index contributed by atoms with van der Waals surface area (Å²) in [5.41, 5.74) is 0.747. The molecule has 1 saturated carbocycles. The van der Waals surface area contributed by atoms with Crippen LogP contribution in [0.5, 0.6) is 5.75 Å². The molecule has 1 unspecified atom stereocenters. The minimum absolute atomic E-state index is 0.0774. The van der Waals surface area contributed by atoms with E-state index in [1.165, 1.54) is 19.3 Å².